The van der Waals surface area contributed by atoms with Crippen LogP contribution in [0.5, 0.6) is 0 Å². The first-order chi connectivity index (χ1) is 8.61. The quantitative estimate of drug-likeness (QED) is 0.884. The van der Waals surface area contributed by atoms with Crippen LogP contribution in [0.25, 0.3) is 0 Å². The van der Waals surface area contributed by atoms with Gasteiger partial charge in [0.1, 0.15) is 0 Å². The molecule has 0 aliphatic carbocycles. The second-order valence-electron chi connectivity index (χ2n) is 4.52. The number of halogens is 1. The number of nitrogens with zero attached hydrogens (tertiary/aromatic N) is 2. The maximum absolute atomic E-state index is 11.9. The summed E-state index contributed by atoms with van der Waals surface area (Å²) in [5.74, 6) is 0.103. The molecular weight excluding hydrogens is 252 g/mol. The smallest absolute Gasteiger partial charge is 0.241 e. The van der Waals surface area contributed by atoms with Crippen LogP contribution < -0.4 is 4.90 Å². The zero-order valence-electron chi connectivity index (χ0n) is 10.4. The average molecular weight is 269 g/mol. The van der Waals surface area contributed by atoms with Gasteiger partial charge in [-0.2, -0.15) is 0 Å². The Morgan fingerprint density at radius 3 is 2.89 bits per heavy atom. The van der Waals surface area contributed by atoms with Gasteiger partial charge >= 0.3 is 0 Å². The Morgan fingerprint density at radius 2 is 2.17 bits per heavy atom. The molecule has 1 saturated heterocycles. The number of aliphatic hydroxyl groups is 1. The Bertz CT molecular complexity index is 451. The van der Waals surface area contributed by atoms with Crippen LogP contribution >= 0.6 is 11.6 Å². The van der Waals surface area contributed by atoms with Gasteiger partial charge in [0.25, 0.3) is 0 Å². The molecule has 1 aliphatic rings. The maximum atomic E-state index is 11.9. The SMILES string of the molecule is CN1CCCN(c2ccc(Cl)cc2CO)CC1=O. The fourth-order valence-corrected chi connectivity index (χ4v) is 2.38. The topological polar surface area (TPSA) is 43.8 Å². The number of anilines is 1. The lowest BCUT2D eigenvalue weighted by Gasteiger charge is -2.24. The van der Waals surface area contributed by atoms with Gasteiger partial charge in [-0.3, -0.25) is 4.79 Å². The Kier molecular flexibility index (Phi) is 4.09. The fourth-order valence-electron chi connectivity index (χ4n) is 2.18. The highest BCUT2D eigenvalue weighted by Gasteiger charge is 2.20. The Balaban J connectivity index is 2.27. The van der Waals surface area contributed by atoms with E-state index in [0.29, 0.717) is 11.6 Å². The lowest BCUT2D eigenvalue weighted by atomic mass is 10.1. The molecule has 98 valence electrons. The number of benzene rings is 1. The minimum atomic E-state index is -0.0730. The summed E-state index contributed by atoms with van der Waals surface area (Å²) in [6.45, 7) is 1.86. The third-order valence-electron chi connectivity index (χ3n) is 3.23. The van der Waals surface area contributed by atoms with Crippen LogP contribution in [0, 0.1) is 0 Å². The normalized spacial score (nSPS) is 16.9. The molecule has 1 amide bonds. The summed E-state index contributed by atoms with van der Waals surface area (Å²) in [6.07, 6.45) is 0.926. The monoisotopic (exact) mass is 268 g/mol. The van der Waals surface area contributed by atoms with E-state index in [1.807, 2.05) is 18.0 Å². The van der Waals surface area contributed by atoms with Crippen LogP contribution in [0.15, 0.2) is 18.2 Å². The molecule has 1 fully saturated rings. The van der Waals surface area contributed by atoms with Crippen LogP contribution in [0.3, 0.4) is 0 Å². The highest BCUT2D eigenvalue weighted by Crippen LogP contribution is 2.25. The molecular formula is C13H17ClN2O2. The van der Waals surface area contributed by atoms with Crippen molar-refractivity contribution in [1.82, 2.24) is 4.90 Å². The zero-order valence-corrected chi connectivity index (χ0v) is 11.2. The van der Waals surface area contributed by atoms with Gasteiger partial charge in [-0.25, -0.2) is 0 Å². The number of carbonyl (C=O) groups is 1. The molecule has 0 saturated carbocycles. The van der Waals surface area contributed by atoms with Crippen molar-refractivity contribution in [2.75, 3.05) is 31.6 Å². The molecule has 18 heavy (non-hydrogen) atoms. The number of aliphatic hydroxyl groups excluding tert-OH is 1. The maximum Gasteiger partial charge on any atom is 0.241 e. The lowest BCUT2D eigenvalue weighted by molar-refractivity contribution is -0.127. The summed E-state index contributed by atoms with van der Waals surface area (Å²) < 4.78 is 0. The second kappa shape index (κ2) is 5.59. The number of amides is 1. The van der Waals surface area contributed by atoms with Gasteiger partial charge in [0, 0.05) is 36.4 Å². The molecule has 5 heteroatoms. The summed E-state index contributed by atoms with van der Waals surface area (Å²) >= 11 is 5.91. The highest BCUT2D eigenvalue weighted by molar-refractivity contribution is 6.30. The molecule has 1 N–H and O–H groups in total. The number of hydrogen-bond donors (Lipinski definition) is 1. The van der Waals surface area contributed by atoms with Crippen LogP contribution in [0.4, 0.5) is 5.69 Å². The lowest BCUT2D eigenvalue weighted by Crippen LogP contribution is -2.34. The molecule has 0 bridgehead atoms. The van der Waals surface area contributed by atoms with Crippen molar-refractivity contribution in [3.05, 3.63) is 28.8 Å². The van der Waals surface area contributed by atoms with Gasteiger partial charge in [-0.05, 0) is 24.6 Å². The standard InChI is InChI=1S/C13H17ClN2O2/c1-15-5-2-6-16(8-13(15)18)12-4-3-11(14)7-10(12)9-17/h3-4,7,17H,2,5-6,8-9H2,1H3. The van der Waals surface area contributed by atoms with Gasteiger partial charge in [-0.1, -0.05) is 11.6 Å². The van der Waals surface area contributed by atoms with E-state index in [-0.39, 0.29) is 12.5 Å². The molecule has 1 aromatic rings. The van der Waals surface area contributed by atoms with Gasteiger partial charge in [0.2, 0.25) is 5.91 Å². The summed E-state index contributed by atoms with van der Waals surface area (Å²) in [7, 11) is 1.82. The summed E-state index contributed by atoms with van der Waals surface area (Å²) in [6, 6.07) is 5.40. The summed E-state index contributed by atoms with van der Waals surface area (Å²) in [4.78, 5) is 15.6. The minimum Gasteiger partial charge on any atom is -0.392 e. The first-order valence-electron chi connectivity index (χ1n) is 6.00. The van der Waals surface area contributed by atoms with E-state index < -0.39 is 0 Å². The van der Waals surface area contributed by atoms with Crippen LogP contribution in [0.2, 0.25) is 5.02 Å². The fraction of sp³-hybridized carbons (Fsp3) is 0.462. The van der Waals surface area contributed by atoms with E-state index in [2.05, 4.69) is 0 Å². The summed E-state index contributed by atoms with van der Waals surface area (Å²) in [5, 5.41) is 9.98. The largest absolute Gasteiger partial charge is 0.392 e. The summed E-state index contributed by atoms with van der Waals surface area (Å²) in [5.41, 5.74) is 1.66. The number of likely N-dealkylation sites (N-methyl/N-ethyl adjacent to an activating group) is 1. The molecule has 1 aromatic carbocycles. The van der Waals surface area contributed by atoms with Crippen LogP contribution in [-0.2, 0) is 11.4 Å². The Morgan fingerprint density at radius 1 is 1.39 bits per heavy atom. The molecule has 0 atom stereocenters. The molecule has 0 radical (unpaired) electrons. The third kappa shape index (κ3) is 2.76. The van der Waals surface area contributed by atoms with Crippen molar-refractivity contribution in [3.8, 4) is 0 Å². The minimum absolute atomic E-state index is 0.0730. The van der Waals surface area contributed by atoms with Gasteiger partial charge in [0.15, 0.2) is 0 Å². The number of rotatable bonds is 2. The van der Waals surface area contributed by atoms with Crippen LogP contribution in [0.1, 0.15) is 12.0 Å². The first-order valence-corrected chi connectivity index (χ1v) is 6.38. The van der Waals surface area contributed by atoms with E-state index in [0.717, 1.165) is 30.8 Å². The Hall–Kier alpha value is -1.26. The predicted molar refractivity (Wildman–Crippen MR) is 71.8 cm³/mol. The average Bonchev–Trinajstić information content (AvgIpc) is 2.52. The third-order valence-corrected chi connectivity index (χ3v) is 3.46. The van der Waals surface area contributed by atoms with E-state index in [9.17, 15) is 9.90 Å². The van der Waals surface area contributed by atoms with Gasteiger partial charge in [-0.15, -0.1) is 0 Å². The van der Waals surface area contributed by atoms with Crippen molar-refractivity contribution < 1.29 is 9.90 Å². The van der Waals surface area contributed by atoms with E-state index in [1.165, 1.54) is 0 Å². The van der Waals surface area contributed by atoms with Crippen LogP contribution in [-0.4, -0.2) is 42.6 Å². The second-order valence-corrected chi connectivity index (χ2v) is 4.96. The van der Waals surface area contributed by atoms with Crippen molar-refractivity contribution in [2.45, 2.75) is 13.0 Å². The Labute approximate surface area is 112 Å². The molecule has 0 spiro atoms. The van der Waals surface area contributed by atoms with Crippen molar-refractivity contribution in [1.29, 1.82) is 0 Å². The number of carbonyl (C=O) groups excluding carboxylic acids is 1. The highest BCUT2D eigenvalue weighted by atomic mass is 35.5. The molecule has 2 rings (SSSR count). The van der Waals surface area contributed by atoms with Crippen molar-refractivity contribution >= 4 is 23.2 Å². The van der Waals surface area contributed by atoms with Crippen molar-refractivity contribution in [2.24, 2.45) is 0 Å². The molecule has 0 aromatic heterocycles. The van der Waals surface area contributed by atoms with E-state index in [1.54, 1.807) is 17.0 Å². The van der Waals surface area contributed by atoms with E-state index >= 15 is 0 Å². The molecule has 4 nitrogen and oxygen atoms in total. The molecule has 1 heterocycles. The number of hydrogen-bond acceptors (Lipinski definition) is 3. The molecule has 1 aliphatic heterocycles. The molecule has 0 unspecified atom stereocenters. The van der Waals surface area contributed by atoms with E-state index in [4.69, 9.17) is 11.6 Å². The first kappa shape index (κ1) is 13.2. The van der Waals surface area contributed by atoms with Gasteiger partial charge < -0.3 is 14.9 Å². The predicted octanol–water partition coefficient (Wildman–Crippen LogP) is 1.50. The zero-order chi connectivity index (χ0) is 13.1. The van der Waals surface area contributed by atoms with Crippen molar-refractivity contribution in [3.63, 3.8) is 0 Å². The van der Waals surface area contributed by atoms with Gasteiger partial charge in [0.05, 0.1) is 13.2 Å².